The fourth-order valence-corrected chi connectivity index (χ4v) is 1.15. The number of rotatable bonds is 1. The summed E-state index contributed by atoms with van der Waals surface area (Å²) in [5, 5.41) is 8.88. The van der Waals surface area contributed by atoms with Crippen LogP contribution in [-0.2, 0) is 4.74 Å². The summed E-state index contributed by atoms with van der Waals surface area (Å²) in [5.74, 6) is -0.561. The van der Waals surface area contributed by atoms with E-state index in [1.807, 2.05) is 6.07 Å². The van der Waals surface area contributed by atoms with Crippen molar-refractivity contribution >= 4 is 17.6 Å². The van der Waals surface area contributed by atoms with Gasteiger partial charge in [0, 0.05) is 11.8 Å². The van der Waals surface area contributed by atoms with Crippen molar-refractivity contribution in [1.82, 2.24) is 4.98 Å². The Morgan fingerprint density at radius 2 is 2.36 bits per heavy atom. The molecular formula is C9H7ClN2O2. The zero-order valence-corrected chi connectivity index (χ0v) is 8.42. The van der Waals surface area contributed by atoms with Gasteiger partial charge < -0.3 is 4.74 Å². The molecule has 0 saturated heterocycles. The standard InChI is InChI=1S/C9H7ClN2O2/c1-5-7(10)6(3-11)4-12-8(5)9(13)14-2/h4H,1-2H3. The van der Waals surface area contributed by atoms with Gasteiger partial charge in [0.15, 0.2) is 5.69 Å². The highest BCUT2D eigenvalue weighted by Gasteiger charge is 2.15. The maximum Gasteiger partial charge on any atom is 0.356 e. The molecule has 0 atom stereocenters. The van der Waals surface area contributed by atoms with Crippen LogP contribution in [0, 0.1) is 18.3 Å². The molecule has 0 amide bonds. The lowest BCUT2D eigenvalue weighted by Crippen LogP contribution is -2.07. The van der Waals surface area contributed by atoms with Gasteiger partial charge in [0.1, 0.15) is 6.07 Å². The van der Waals surface area contributed by atoms with E-state index in [1.54, 1.807) is 6.92 Å². The van der Waals surface area contributed by atoms with Crippen LogP contribution >= 0.6 is 11.6 Å². The molecule has 0 aromatic carbocycles. The average molecular weight is 211 g/mol. The molecule has 0 N–H and O–H groups in total. The SMILES string of the molecule is COC(=O)c1ncc(C#N)c(Cl)c1C. The van der Waals surface area contributed by atoms with Crippen molar-refractivity contribution in [1.29, 1.82) is 5.26 Å². The van der Waals surface area contributed by atoms with Gasteiger partial charge in [0.2, 0.25) is 0 Å². The number of ether oxygens (including phenoxy) is 1. The smallest absolute Gasteiger partial charge is 0.356 e. The number of nitriles is 1. The molecule has 0 aliphatic carbocycles. The molecule has 14 heavy (non-hydrogen) atoms. The summed E-state index contributed by atoms with van der Waals surface area (Å²) in [7, 11) is 1.26. The monoisotopic (exact) mass is 210 g/mol. The highest BCUT2D eigenvalue weighted by molar-refractivity contribution is 6.32. The molecular weight excluding hydrogens is 204 g/mol. The number of halogens is 1. The van der Waals surface area contributed by atoms with Crippen molar-refractivity contribution in [3.8, 4) is 6.07 Å². The minimum atomic E-state index is -0.561. The van der Waals surface area contributed by atoms with Crippen LogP contribution in [0.4, 0.5) is 0 Å². The molecule has 4 nitrogen and oxygen atoms in total. The van der Waals surface area contributed by atoms with Crippen molar-refractivity contribution in [2.24, 2.45) is 0 Å². The Labute approximate surface area is 86.1 Å². The zero-order chi connectivity index (χ0) is 10.7. The van der Waals surface area contributed by atoms with Crippen molar-refractivity contribution in [2.75, 3.05) is 7.11 Å². The second-order valence-electron chi connectivity index (χ2n) is 2.56. The van der Waals surface area contributed by atoms with Gasteiger partial charge in [-0.25, -0.2) is 9.78 Å². The van der Waals surface area contributed by atoms with Crippen LogP contribution in [0.25, 0.3) is 0 Å². The van der Waals surface area contributed by atoms with Gasteiger partial charge >= 0.3 is 5.97 Å². The third kappa shape index (κ3) is 1.68. The topological polar surface area (TPSA) is 63.0 Å². The van der Waals surface area contributed by atoms with Crippen LogP contribution in [0.2, 0.25) is 5.02 Å². The average Bonchev–Trinajstić information content (AvgIpc) is 2.21. The van der Waals surface area contributed by atoms with Crippen molar-refractivity contribution in [3.05, 3.63) is 28.0 Å². The molecule has 0 fully saturated rings. The number of hydrogen-bond acceptors (Lipinski definition) is 4. The summed E-state index contributed by atoms with van der Waals surface area (Å²) in [5.41, 5.74) is 0.839. The highest BCUT2D eigenvalue weighted by Crippen LogP contribution is 2.21. The molecule has 0 bridgehead atoms. The van der Waals surface area contributed by atoms with Crippen LogP contribution in [0.3, 0.4) is 0 Å². The maximum atomic E-state index is 11.2. The number of carbonyl (C=O) groups is 1. The molecule has 72 valence electrons. The van der Waals surface area contributed by atoms with Crippen LogP contribution in [0.1, 0.15) is 21.6 Å². The van der Waals surface area contributed by atoms with E-state index in [-0.39, 0.29) is 16.3 Å². The van der Waals surface area contributed by atoms with Crippen LogP contribution in [0.5, 0.6) is 0 Å². The van der Waals surface area contributed by atoms with Crippen molar-refractivity contribution in [3.63, 3.8) is 0 Å². The number of aromatic nitrogens is 1. The number of nitrogens with zero attached hydrogens (tertiary/aromatic N) is 2. The van der Waals surface area contributed by atoms with Gasteiger partial charge in [-0.1, -0.05) is 11.6 Å². The molecule has 0 aliphatic heterocycles. The molecule has 1 aromatic rings. The van der Waals surface area contributed by atoms with Gasteiger partial charge in [0.25, 0.3) is 0 Å². The van der Waals surface area contributed by atoms with Crippen LogP contribution < -0.4 is 0 Å². The van der Waals surface area contributed by atoms with Crippen molar-refractivity contribution in [2.45, 2.75) is 6.92 Å². The predicted octanol–water partition coefficient (Wildman–Crippen LogP) is 1.70. The van der Waals surface area contributed by atoms with E-state index >= 15 is 0 Å². The van der Waals surface area contributed by atoms with Gasteiger partial charge in [-0.3, -0.25) is 0 Å². The van der Waals surface area contributed by atoms with E-state index in [9.17, 15) is 4.79 Å². The second kappa shape index (κ2) is 4.07. The number of esters is 1. The highest BCUT2D eigenvalue weighted by atomic mass is 35.5. The molecule has 0 aliphatic rings. The molecule has 0 unspecified atom stereocenters. The Morgan fingerprint density at radius 3 is 2.86 bits per heavy atom. The Morgan fingerprint density at radius 1 is 1.71 bits per heavy atom. The largest absolute Gasteiger partial charge is 0.464 e. The third-order valence-electron chi connectivity index (χ3n) is 1.74. The molecule has 0 radical (unpaired) electrons. The predicted molar refractivity (Wildman–Crippen MR) is 50.0 cm³/mol. The Hall–Kier alpha value is -1.60. The van der Waals surface area contributed by atoms with E-state index in [0.717, 1.165) is 0 Å². The molecule has 0 saturated carbocycles. The number of hydrogen-bond donors (Lipinski definition) is 0. The normalized spacial score (nSPS) is 9.29. The van der Waals surface area contributed by atoms with Gasteiger partial charge in [-0.15, -0.1) is 0 Å². The van der Waals surface area contributed by atoms with Gasteiger partial charge in [-0.05, 0) is 6.92 Å². The third-order valence-corrected chi connectivity index (χ3v) is 2.23. The molecule has 5 heteroatoms. The molecule has 0 spiro atoms. The fourth-order valence-electron chi connectivity index (χ4n) is 0.969. The lowest BCUT2D eigenvalue weighted by molar-refractivity contribution is 0.0593. The second-order valence-corrected chi connectivity index (χ2v) is 2.94. The molecule has 1 rings (SSSR count). The molecule has 1 aromatic heterocycles. The summed E-state index contributed by atoms with van der Waals surface area (Å²) in [6.45, 7) is 1.61. The maximum absolute atomic E-state index is 11.2. The van der Waals surface area contributed by atoms with Gasteiger partial charge in [0.05, 0.1) is 17.7 Å². The Kier molecular flexibility index (Phi) is 3.05. The molecule has 1 heterocycles. The van der Waals surface area contributed by atoms with E-state index in [1.165, 1.54) is 13.3 Å². The fraction of sp³-hybridized carbons (Fsp3) is 0.222. The number of methoxy groups -OCH3 is 1. The Balaban J connectivity index is 3.33. The van der Waals surface area contributed by atoms with E-state index in [0.29, 0.717) is 5.56 Å². The Bertz CT molecular complexity index is 424. The summed E-state index contributed by atoms with van der Waals surface area (Å²) < 4.78 is 4.50. The number of pyridine rings is 1. The summed E-state index contributed by atoms with van der Waals surface area (Å²) in [6, 6.07) is 1.87. The summed E-state index contributed by atoms with van der Waals surface area (Å²) >= 11 is 5.83. The lowest BCUT2D eigenvalue weighted by atomic mass is 10.1. The van der Waals surface area contributed by atoms with Crippen LogP contribution in [-0.4, -0.2) is 18.1 Å². The van der Waals surface area contributed by atoms with E-state index in [2.05, 4.69) is 9.72 Å². The van der Waals surface area contributed by atoms with E-state index in [4.69, 9.17) is 16.9 Å². The minimum Gasteiger partial charge on any atom is -0.464 e. The first-order valence-corrected chi connectivity index (χ1v) is 4.13. The summed E-state index contributed by atoms with van der Waals surface area (Å²) in [6.07, 6.45) is 1.25. The van der Waals surface area contributed by atoms with E-state index < -0.39 is 5.97 Å². The van der Waals surface area contributed by atoms with Gasteiger partial charge in [-0.2, -0.15) is 5.26 Å². The first kappa shape index (κ1) is 10.5. The number of carbonyl (C=O) groups excluding carboxylic acids is 1. The lowest BCUT2D eigenvalue weighted by Gasteiger charge is -2.04. The first-order chi connectivity index (χ1) is 6.61. The first-order valence-electron chi connectivity index (χ1n) is 3.75. The zero-order valence-electron chi connectivity index (χ0n) is 7.67. The van der Waals surface area contributed by atoms with Crippen molar-refractivity contribution < 1.29 is 9.53 Å². The quantitative estimate of drug-likeness (QED) is 0.662. The van der Waals surface area contributed by atoms with Crippen LogP contribution in [0.15, 0.2) is 6.20 Å². The minimum absolute atomic E-state index is 0.136. The summed E-state index contributed by atoms with van der Waals surface area (Å²) in [4.78, 5) is 15.0.